The summed E-state index contributed by atoms with van der Waals surface area (Å²) in [6, 6.07) is 4.13. The molecular weight excluding hydrogens is 216 g/mol. The van der Waals surface area contributed by atoms with Crippen LogP contribution in [-0.2, 0) is 4.79 Å². The molecule has 0 spiro atoms. The summed E-state index contributed by atoms with van der Waals surface area (Å²) in [4.78, 5) is 12.0. The second-order valence-corrected chi connectivity index (χ2v) is 5.38. The third-order valence-electron chi connectivity index (χ3n) is 4.55. The lowest BCUT2D eigenvalue weighted by molar-refractivity contribution is -0.598. The molecule has 1 aromatic heterocycles. The van der Waals surface area contributed by atoms with Crippen LogP contribution >= 0.6 is 0 Å². The molecule has 2 bridgehead atoms. The number of nitrogens with zero attached hydrogens (tertiary/aromatic N) is 1. The molecule has 4 atom stereocenters. The minimum atomic E-state index is 0.199. The maximum absolute atomic E-state index is 12.0. The smallest absolute Gasteiger partial charge is 0.284 e. The van der Waals surface area contributed by atoms with Gasteiger partial charge in [0.05, 0.1) is 6.26 Å². The van der Waals surface area contributed by atoms with Gasteiger partial charge in [-0.25, -0.2) is 0 Å². The highest BCUT2D eigenvalue weighted by Gasteiger charge is 2.61. The molecular formula is C13H15N2O2+. The van der Waals surface area contributed by atoms with Gasteiger partial charge in [0.25, 0.3) is 5.91 Å². The van der Waals surface area contributed by atoms with E-state index in [2.05, 4.69) is 5.43 Å². The van der Waals surface area contributed by atoms with E-state index in [1.54, 1.807) is 6.26 Å². The van der Waals surface area contributed by atoms with Gasteiger partial charge in [-0.1, -0.05) is 0 Å². The number of carbonyl (C=O) groups excluding carboxylic acids is 1. The van der Waals surface area contributed by atoms with Crippen molar-refractivity contribution in [1.29, 1.82) is 0 Å². The van der Waals surface area contributed by atoms with Crippen molar-refractivity contribution in [3.63, 3.8) is 0 Å². The van der Waals surface area contributed by atoms with Crippen molar-refractivity contribution in [2.24, 2.45) is 17.8 Å². The van der Waals surface area contributed by atoms with E-state index in [0.29, 0.717) is 17.9 Å². The van der Waals surface area contributed by atoms with Gasteiger partial charge in [-0.05, 0) is 37.3 Å². The standard InChI is InChI=1S/C13H14N2O2/c16-13-11-8-3-4-9(6-8)12(11)15(14-13)7-10-2-1-5-17-10/h1-2,5,7-9,11-12H,3-4,6H2/p+1. The van der Waals surface area contributed by atoms with Gasteiger partial charge >= 0.3 is 0 Å². The van der Waals surface area contributed by atoms with Crippen LogP contribution < -0.4 is 5.43 Å². The average Bonchev–Trinajstić information content (AvgIpc) is 3.04. The monoisotopic (exact) mass is 231 g/mol. The van der Waals surface area contributed by atoms with Crippen LogP contribution in [0.15, 0.2) is 22.8 Å². The molecule has 4 rings (SSSR count). The van der Waals surface area contributed by atoms with E-state index in [1.165, 1.54) is 19.3 Å². The summed E-state index contributed by atoms with van der Waals surface area (Å²) in [5.41, 5.74) is 2.97. The third kappa shape index (κ3) is 1.24. The van der Waals surface area contributed by atoms with E-state index >= 15 is 0 Å². The fourth-order valence-corrected chi connectivity index (χ4v) is 3.93. The fourth-order valence-electron chi connectivity index (χ4n) is 3.93. The van der Waals surface area contributed by atoms with Crippen LogP contribution in [0.25, 0.3) is 0 Å². The number of hydrogen-bond donors (Lipinski definition) is 1. The number of carbonyl (C=O) groups is 1. The number of hydrazine groups is 1. The van der Waals surface area contributed by atoms with E-state index < -0.39 is 0 Å². The van der Waals surface area contributed by atoms with Crippen LogP contribution in [0.2, 0.25) is 0 Å². The lowest BCUT2D eigenvalue weighted by Crippen LogP contribution is -2.34. The van der Waals surface area contributed by atoms with Crippen LogP contribution in [0.5, 0.6) is 0 Å². The molecule has 4 nitrogen and oxygen atoms in total. The van der Waals surface area contributed by atoms with Crippen molar-refractivity contribution in [2.75, 3.05) is 0 Å². The minimum Gasteiger partial charge on any atom is -0.459 e. The zero-order valence-electron chi connectivity index (χ0n) is 9.50. The Morgan fingerprint density at radius 1 is 1.41 bits per heavy atom. The molecule has 1 aliphatic heterocycles. The van der Waals surface area contributed by atoms with E-state index in [9.17, 15) is 4.79 Å². The van der Waals surface area contributed by atoms with Gasteiger partial charge < -0.3 is 4.42 Å². The second kappa shape index (κ2) is 3.22. The molecule has 2 aliphatic carbocycles. The Balaban J connectivity index is 1.72. The molecule has 17 heavy (non-hydrogen) atoms. The number of rotatable bonds is 1. The first-order valence-electron chi connectivity index (χ1n) is 6.30. The molecule has 0 radical (unpaired) electrons. The van der Waals surface area contributed by atoms with Gasteiger partial charge in [0, 0.05) is 5.92 Å². The number of amides is 1. The van der Waals surface area contributed by atoms with Crippen molar-refractivity contribution in [2.45, 2.75) is 25.3 Å². The van der Waals surface area contributed by atoms with Gasteiger partial charge in [-0.15, -0.1) is 10.1 Å². The zero-order chi connectivity index (χ0) is 11.4. The number of fused-ring (bicyclic) bond motifs is 5. The number of hydrogen-bond acceptors (Lipinski definition) is 2. The summed E-state index contributed by atoms with van der Waals surface area (Å²) in [5.74, 6) is 2.49. The first-order chi connectivity index (χ1) is 8.33. The SMILES string of the molecule is O=C1N[N+](=Cc2ccco2)C2C3CCC(C3)C12. The Kier molecular flexibility index (Phi) is 1.79. The number of hydrazone groups is 1. The predicted molar refractivity (Wildman–Crippen MR) is 60.4 cm³/mol. The van der Waals surface area contributed by atoms with Crippen LogP contribution in [0, 0.1) is 17.8 Å². The Bertz CT molecular complexity index is 492. The first kappa shape index (κ1) is 9.45. The van der Waals surface area contributed by atoms with Gasteiger partial charge in [0.1, 0.15) is 5.92 Å². The minimum absolute atomic E-state index is 0.199. The Labute approximate surface area is 99.3 Å². The second-order valence-electron chi connectivity index (χ2n) is 5.38. The molecule has 3 aliphatic rings. The van der Waals surface area contributed by atoms with E-state index in [4.69, 9.17) is 4.42 Å². The predicted octanol–water partition coefficient (Wildman–Crippen LogP) is 1.17. The van der Waals surface area contributed by atoms with Crippen LogP contribution in [0.3, 0.4) is 0 Å². The lowest BCUT2D eigenvalue weighted by atomic mass is 9.85. The lowest BCUT2D eigenvalue weighted by Gasteiger charge is -2.16. The summed E-state index contributed by atoms with van der Waals surface area (Å²) in [5, 5.41) is 0. The molecule has 88 valence electrons. The summed E-state index contributed by atoms with van der Waals surface area (Å²) in [6.07, 6.45) is 7.30. The molecule has 2 saturated carbocycles. The van der Waals surface area contributed by atoms with Crippen molar-refractivity contribution >= 4 is 12.1 Å². The van der Waals surface area contributed by atoms with E-state index in [0.717, 1.165) is 5.76 Å². The fraction of sp³-hybridized carbons (Fsp3) is 0.538. The largest absolute Gasteiger partial charge is 0.459 e. The first-order valence-corrected chi connectivity index (χ1v) is 6.30. The Morgan fingerprint density at radius 2 is 2.29 bits per heavy atom. The molecule has 0 aromatic carbocycles. The highest BCUT2D eigenvalue weighted by molar-refractivity contribution is 5.82. The van der Waals surface area contributed by atoms with Crippen LogP contribution in [0.1, 0.15) is 25.0 Å². The Hall–Kier alpha value is -1.58. The van der Waals surface area contributed by atoms with E-state index in [-0.39, 0.29) is 11.8 Å². The number of furan rings is 1. The van der Waals surface area contributed by atoms with Crippen LogP contribution in [-0.4, -0.2) is 22.8 Å². The highest BCUT2D eigenvalue weighted by atomic mass is 16.3. The normalized spacial score (nSPS) is 40.9. The van der Waals surface area contributed by atoms with Gasteiger partial charge in [-0.3, -0.25) is 4.79 Å². The third-order valence-corrected chi connectivity index (χ3v) is 4.55. The summed E-state index contributed by atoms with van der Waals surface area (Å²) in [6.45, 7) is 0. The topological polar surface area (TPSA) is 45.2 Å². The Morgan fingerprint density at radius 3 is 3.12 bits per heavy atom. The maximum atomic E-state index is 12.0. The van der Waals surface area contributed by atoms with E-state index in [1.807, 2.05) is 23.0 Å². The average molecular weight is 231 g/mol. The molecule has 1 saturated heterocycles. The molecule has 3 fully saturated rings. The van der Waals surface area contributed by atoms with Crippen molar-refractivity contribution < 1.29 is 13.9 Å². The van der Waals surface area contributed by atoms with Gasteiger partial charge in [0.2, 0.25) is 6.21 Å². The summed E-state index contributed by atoms with van der Waals surface area (Å²) >= 11 is 0. The maximum Gasteiger partial charge on any atom is 0.284 e. The molecule has 4 unspecified atom stereocenters. The molecule has 1 amide bonds. The van der Waals surface area contributed by atoms with Crippen molar-refractivity contribution in [3.05, 3.63) is 24.2 Å². The molecule has 1 aromatic rings. The molecule has 4 heteroatoms. The molecule has 1 N–H and O–H groups in total. The van der Waals surface area contributed by atoms with Crippen LogP contribution in [0.4, 0.5) is 0 Å². The van der Waals surface area contributed by atoms with Gasteiger partial charge in [0.15, 0.2) is 11.8 Å². The zero-order valence-corrected chi connectivity index (χ0v) is 9.50. The van der Waals surface area contributed by atoms with Crippen molar-refractivity contribution in [3.8, 4) is 0 Å². The number of nitrogens with one attached hydrogen (secondary N) is 1. The van der Waals surface area contributed by atoms with Gasteiger partial charge in [-0.2, -0.15) is 0 Å². The quantitative estimate of drug-likeness (QED) is 0.737. The van der Waals surface area contributed by atoms with Crippen molar-refractivity contribution in [1.82, 2.24) is 5.43 Å². The molecule has 2 heterocycles. The summed E-state index contributed by atoms with van der Waals surface area (Å²) in [7, 11) is 0. The highest BCUT2D eigenvalue weighted by Crippen LogP contribution is 2.51. The summed E-state index contributed by atoms with van der Waals surface area (Å²) < 4.78 is 7.29.